The van der Waals surface area contributed by atoms with Crippen LogP contribution in [-0.2, 0) is 0 Å². The van der Waals surface area contributed by atoms with E-state index in [0.29, 0.717) is 0 Å². The zero-order valence-electron chi connectivity index (χ0n) is 5.83. The van der Waals surface area contributed by atoms with E-state index < -0.39 is 11.6 Å². The van der Waals surface area contributed by atoms with Gasteiger partial charge in [0, 0.05) is 16.7 Å². The largest absolute Gasteiger partial charge is 0.398 e. The van der Waals surface area contributed by atoms with Crippen LogP contribution in [0.5, 0.6) is 0 Å². The Bertz CT molecular complexity index is 357. The fourth-order valence-electron chi connectivity index (χ4n) is 0.687. The molecule has 0 amide bonds. The van der Waals surface area contributed by atoms with E-state index >= 15 is 0 Å². The fraction of sp³-hybridized carbons (Fsp3) is 0. The first-order valence-electron chi connectivity index (χ1n) is 2.94. The van der Waals surface area contributed by atoms with Crippen LogP contribution in [0.1, 0.15) is 0 Å². The lowest BCUT2D eigenvalue weighted by Crippen LogP contribution is -1.90. The van der Waals surface area contributed by atoms with Gasteiger partial charge >= 0.3 is 0 Å². The predicted molar refractivity (Wildman–Crippen MR) is 39.6 cm³/mol. The van der Waals surface area contributed by atoms with Gasteiger partial charge in [-0.05, 0) is 11.6 Å². The molecule has 0 atom stereocenters. The van der Waals surface area contributed by atoms with E-state index in [-0.39, 0.29) is 11.4 Å². The van der Waals surface area contributed by atoms with Gasteiger partial charge in [0.05, 0.1) is 5.69 Å². The van der Waals surface area contributed by atoms with Crippen LogP contribution in [0, 0.1) is 11.6 Å². The highest BCUT2D eigenvalue weighted by atomic mass is 19.2. The van der Waals surface area contributed by atoms with Gasteiger partial charge in [0.2, 0.25) is 0 Å². The molecule has 0 aromatic heterocycles. The first kappa shape index (κ1) is 8.29. The van der Waals surface area contributed by atoms with Crippen LogP contribution in [0.15, 0.2) is 17.2 Å². The average Bonchev–Trinajstić information content (AvgIpc) is 2.01. The number of hydrogen-bond donors (Lipinski definition) is 1. The first-order valence-corrected chi connectivity index (χ1v) is 2.94. The highest BCUT2D eigenvalue weighted by Gasteiger charge is 2.05. The van der Waals surface area contributed by atoms with E-state index in [1.807, 2.05) is 0 Å². The molecule has 0 radical (unpaired) electrons. The molecule has 0 unspecified atom stereocenters. The lowest BCUT2D eigenvalue weighted by molar-refractivity contribution is 0.509. The normalized spacial score (nSPS) is 9.17. The number of rotatable bonds is 1. The molecular formula is C6H4F2N4. The van der Waals surface area contributed by atoms with E-state index in [0.717, 1.165) is 12.1 Å². The van der Waals surface area contributed by atoms with Gasteiger partial charge in [-0.2, -0.15) is 0 Å². The summed E-state index contributed by atoms with van der Waals surface area (Å²) in [6.45, 7) is 0. The van der Waals surface area contributed by atoms with E-state index in [1.54, 1.807) is 0 Å². The molecule has 0 aliphatic rings. The Morgan fingerprint density at radius 3 is 2.50 bits per heavy atom. The van der Waals surface area contributed by atoms with Gasteiger partial charge in [-0.3, -0.25) is 0 Å². The second-order valence-corrected chi connectivity index (χ2v) is 2.01. The molecule has 0 aliphatic heterocycles. The van der Waals surface area contributed by atoms with Crippen molar-refractivity contribution in [1.29, 1.82) is 0 Å². The molecule has 0 spiro atoms. The maximum Gasteiger partial charge on any atom is 0.160 e. The number of nitrogens with zero attached hydrogens (tertiary/aromatic N) is 3. The van der Waals surface area contributed by atoms with Crippen molar-refractivity contribution < 1.29 is 8.78 Å². The summed E-state index contributed by atoms with van der Waals surface area (Å²) in [6, 6.07) is 1.50. The third-order valence-corrected chi connectivity index (χ3v) is 1.22. The average molecular weight is 170 g/mol. The molecule has 1 aromatic carbocycles. The molecule has 0 bridgehead atoms. The number of benzene rings is 1. The SMILES string of the molecule is [N-]=[N+]=Nc1cc(F)c(F)cc1N. The molecule has 1 rings (SSSR count). The maximum atomic E-state index is 12.5. The Morgan fingerprint density at radius 2 is 1.92 bits per heavy atom. The smallest absolute Gasteiger partial charge is 0.160 e. The minimum Gasteiger partial charge on any atom is -0.398 e. The number of azide groups is 1. The zero-order valence-corrected chi connectivity index (χ0v) is 5.83. The van der Waals surface area contributed by atoms with E-state index in [9.17, 15) is 8.78 Å². The van der Waals surface area contributed by atoms with Crippen molar-refractivity contribution in [2.45, 2.75) is 0 Å². The van der Waals surface area contributed by atoms with Crippen LogP contribution in [0.2, 0.25) is 0 Å². The molecule has 1 aromatic rings. The van der Waals surface area contributed by atoms with Crippen molar-refractivity contribution in [3.63, 3.8) is 0 Å². The Morgan fingerprint density at radius 1 is 1.33 bits per heavy atom. The summed E-state index contributed by atoms with van der Waals surface area (Å²) in [6.07, 6.45) is 0. The van der Waals surface area contributed by atoms with Crippen LogP contribution in [0.4, 0.5) is 20.2 Å². The molecule has 0 aliphatic carbocycles. The summed E-state index contributed by atoms with van der Waals surface area (Å²) < 4.78 is 24.9. The van der Waals surface area contributed by atoms with Crippen LogP contribution in [0.25, 0.3) is 10.4 Å². The summed E-state index contributed by atoms with van der Waals surface area (Å²) in [5.74, 6) is -2.16. The van der Waals surface area contributed by atoms with Crippen molar-refractivity contribution >= 4 is 11.4 Å². The monoisotopic (exact) mass is 170 g/mol. The minimum atomic E-state index is -1.09. The number of hydrogen-bond acceptors (Lipinski definition) is 2. The maximum absolute atomic E-state index is 12.5. The van der Waals surface area contributed by atoms with Crippen molar-refractivity contribution in [3.8, 4) is 0 Å². The molecular weight excluding hydrogens is 166 g/mol. The molecule has 0 fully saturated rings. The van der Waals surface area contributed by atoms with Gasteiger partial charge in [0.1, 0.15) is 0 Å². The number of anilines is 1. The molecule has 6 heteroatoms. The summed E-state index contributed by atoms with van der Waals surface area (Å²) >= 11 is 0. The molecule has 12 heavy (non-hydrogen) atoms. The first-order chi connectivity index (χ1) is 5.65. The van der Waals surface area contributed by atoms with Crippen LogP contribution < -0.4 is 5.73 Å². The lowest BCUT2D eigenvalue weighted by Gasteiger charge is -1.98. The Balaban J connectivity index is 3.32. The number of halogens is 2. The van der Waals surface area contributed by atoms with Gasteiger partial charge in [-0.15, -0.1) is 0 Å². The predicted octanol–water partition coefficient (Wildman–Crippen LogP) is 2.49. The molecule has 4 nitrogen and oxygen atoms in total. The van der Waals surface area contributed by atoms with E-state index in [1.165, 1.54) is 0 Å². The summed E-state index contributed by atoms with van der Waals surface area (Å²) in [5.41, 5.74) is 13.0. The topological polar surface area (TPSA) is 74.8 Å². The van der Waals surface area contributed by atoms with Gasteiger partial charge in [0.15, 0.2) is 11.6 Å². The van der Waals surface area contributed by atoms with Crippen molar-refractivity contribution in [3.05, 3.63) is 34.2 Å². The fourth-order valence-corrected chi connectivity index (χ4v) is 0.687. The van der Waals surface area contributed by atoms with Crippen LogP contribution in [-0.4, -0.2) is 0 Å². The highest BCUT2D eigenvalue weighted by molar-refractivity contribution is 5.62. The summed E-state index contributed by atoms with van der Waals surface area (Å²) in [7, 11) is 0. The Labute approximate surface area is 66.2 Å². The molecule has 0 saturated carbocycles. The number of nitrogens with two attached hydrogens (primary N) is 1. The van der Waals surface area contributed by atoms with Gasteiger partial charge < -0.3 is 5.73 Å². The summed E-state index contributed by atoms with van der Waals surface area (Å²) in [4.78, 5) is 2.39. The third-order valence-electron chi connectivity index (χ3n) is 1.22. The molecule has 0 saturated heterocycles. The standard InChI is InChI=1S/C6H4F2N4/c7-3-1-5(9)6(11-12-10)2-4(3)8/h1-2H,9H2. The molecule has 62 valence electrons. The van der Waals surface area contributed by atoms with Crippen molar-refractivity contribution in [2.24, 2.45) is 5.11 Å². The van der Waals surface area contributed by atoms with Crippen molar-refractivity contribution in [2.75, 3.05) is 5.73 Å². The lowest BCUT2D eigenvalue weighted by atomic mass is 10.2. The summed E-state index contributed by atoms with van der Waals surface area (Å²) in [5, 5.41) is 3.06. The molecule has 2 N–H and O–H groups in total. The minimum absolute atomic E-state index is 0.0910. The zero-order chi connectivity index (χ0) is 9.14. The van der Waals surface area contributed by atoms with Crippen LogP contribution in [0.3, 0.4) is 0 Å². The second kappa shape index (κ2) is 3.06. The van der Waals surface area contributed by atoms with E-state index in [4.69, 9.17) is 11.3 Å². The van der Waals surface area contributed by atoms with E-state index in [2.05, 4.69) is 10.0 Å². The third kappa shape index (κ3) is 1.43. The Hall–Kier alpha value is -1.81. The highest BCUT2D eigenvalue weighted by Crippen LogP contribution is 2.24. The van der Waals surface area contributed by atoms with Gasteiger partial charge in [0.25, 0.3) is 0 Å². The number of nitrogen functional groups attached to an aromatic ring is 1. The Kier molecular flexibility index (Phi) is 2.11. The van der Waals surface area contributed by atoms with Crippen LogP contribution >= 0.6 is 0 Å². The molecule has 0 heterocycles. The van der Waals surface area contributed by atoms with Gasteiger partial charge in [-0.1, -0.05) is 5.11 Å². The van der Waals surface area contributed by atoms with Crippen molar-refractivity contribution in [1.82, 2.24) is 0 Å². The second-order valence-electron chi connectivity index (χ2n) is 2.01. The quantitative estimate of drug-likeness (QED) is 0.299. The van der Waals surface area contributed by atoms with Gasteiger partial charge in [-0.25, -0.2) is 8.78 Å².